The van der Waals surface area contributed by atoms with E-state index in [1.54, 1.807) is 0 Å². The zero-order chi connectivity index (χ0) is 11.8. The second-order valence-electron chi connectivity index (χ2n) is 4.97. The quantitative estimate of drug-likeness (QED) is 0.796. The smallest absolute Gasteiger partial charge is 0.258 e. The first-order chi connectivity index (χ1) is 7.44. The summed E-state index contributed by atoms with van der Waals surface area (Å²) in [6.07, 6.45) is 2.61. The first-order valence-corrected chi connectivity index (χ1v) is 6.25. The fourth-order valence-electron chi connectivity index (χ4n) is 1.22. The number of aromatic nitrogens is 1. The molecule has 1 aliphatic rings. The summed E-state index contributed by atoms with van der Waals surface area (Å²) in [6, 6.07) is 3.77. The van der Waals surface area contributed by atoms with Gasteiger partial charge in [0, 0.05) is 0 Å². The van der Waals surface area contributed by atoms with E-state index >= 15 is 0 Å². The molecule has 1 aromatic heterocycles. The maximum absolute atomic E-state index is 5.78. The zero-order valence-corrected chi connectivity index (χ0v) is 11.4. The summed E-state index contributed by atoms with van der Waals surface area (Å²) in [6.45, 7) is 5.99. The summed E-state index contributed by atoms with van der Waals surface area (Å²) in [5.41, 5.74) is -0.268. The van der Waals surface area contributed by atoms with Gasteiger partial charge in [-0.3, -0.25) is 0 Å². The molecule has 0 atom stereocenters. The van der Waals surface area contributed by atoms with Crippen LogP contribution in [-0.4, -0.2) is 16.7 Å². The van der Waals surface area contributed by atoms with Crippen molar-refractivity contribution in [1.82, 2.24) is 4.98 Å². The molecule has 4 heteroatoms. The molecule has 0 bridgehead atoms. The molecule has 1 aliphatic carbocycles. The van der Waals surface area contributed by atoms with Crippen molar-refractivity contribution in [3.63, 3.8) is 0 Å². The highest BCUT2D eigenvalue weighted by Crippen LogP contribution is 2.34. The van der Waals surface area contributed by atoms with Crippen LogP contribution >= 0.6 is 15.9 Å². The van der Waals surface area contributed by atoms with Gasteiger partial charge in [0.1, 0.15) is 10.2 Å². The minimum atomic E-state index is -0.268. The van der Waals surface area contributed by atoms with Crippen LogP contribution in [-0.2, 0) is 0 Å². The lowest BCUT2D eigenvalue weighted by molar-refractivity contribution is 0.115. The van der Waals surface area contributed by atoms with Crippen molar-refractivity contribution < 1.29 is 9.47 Å². The minimum absolute atomic E-state index is 0.268. The fraction of sp³-hybridized carbons (Fsp3) is 0.583. The maximum atomic E-state index is 5.78. The Hall–Kier alpha value is -0.770. The third kappa shape index (κ3) is 3.37. The van der Waals surface area contributed by atoms with Crippen molar-refractivity contribution >= 4 is 15.9 Å². The Morgan fingerprint density at radius 3 is 2.56 bits per heavy atom. The van der Waals surface area contributed by atoms with E-state index in [-0.39, 0.29) is 5.60 Å². The summed E-state index contributed by atoms with van der Waals surface area (Å²) < 4.78 is 12.3. The molecule has 0 radical (unpaired) electrons. The molecule has 0 N–H and O–H groups in total. The van der Waals surface area contributed by atoms with Crippen LogP contribution in [0.2, 0.25) is 0 Å². The lowest BCUT2D eigenvalue weighted by Crippen LogP contribution is -2.24. The monoisotopic (exact) mass is 285 g/mol. The molecule has 0 unspecified atom stereocenters. The molecule has 1 fully saturated rings. The van der Waals surface area contributed by atoms with E-state index in [0.29, 0.717) is 12.0 Å². The van der Waals surface area contributed by atoms with Crippen LogP contribution < -0.4 is 9.47 Å². The molecule has 0 aromatic carbocycles. The Morgan fingerprint density at radius 2 is 2.00 bits per heavy atom. The number of nitrogens with zero attached hydrogens (tertiary/aromatic N) is 1. The van der Waals surface area contributed by atoms with Crippen molar-refractivity contribution in [3.05, 3.63) is 16.7 Å². The van der Waals surface area contributed by atoms with Crippen molar-refractivity contribution in [1.29, 1.82) is 0 Å². The summed E-state index contributed by atoms with van der Waals surface area (Å²) in [7, 11) is 0. The number of pyridine rings is 1. The highest BCUT2D eigenvalue weighted by molar-refractivity contribution is 9.10. The van der Waals surface area contributed by atoms with E-state index in [9.17, 15) is 0 Å². The van der Waals surface area contributed by atoms with Crippen molar-refractivity contribution in [2.45, 2.75) is 45.3 Å². The first-order valence-electron chi connectivity index (χ1n) is 5.46. The Morgan fingerprint density at radius 1 is 1.31 bits per heavy atom. The molecule has 1 saturated carbocycles. The molecule has 3 nitrogen and oxygen atoms in total. The summed E-state index contributed by atoms with van der Waals surface area (Å²) in [5.74, 6) is 1.30. The second kappa shape index (κ2) is 4.24. The number of halogens is 1. The molecule has 0 spiro atoms. The van der Waals surface area contributed by atoms with Crippen LogP contribution in [0.3, 0.4) is 0 Å². The molecule has 1 heterocycles. The van der Waals surface area contributed by atoms with Crippen LogP contribution in [0.15, 0.2) is 16.7 Å². The highest BCUT2D eigenvalue weighted by atomic mass is 79.9. The number of hydrogen-bond donors (Lipinski definition) is 0. The Labute approximate surface area is 104 Å². The standard InChI is InChI=1S/C12H16BrNO2/c1-12(2,3)16-11-9(15-8-4-5-8)6-7-10(13)14-11/h6-8H,4-5H2,1-3H3. The van der Waals surface area contributed by atoms with E-state index < -0.39 is 0 Å². The molecule has 2 rings (SSSR count). The van der Waals surface area contributed by atoms with Crippen LogP contribution in [0, 0.1) is 0 Å². The van der Waals surface area contributed by atoms with E-state index in [0.717, 1.165) is 23.2 Å². The fourth-order valence-corrected chi connectivity index (χ4v) is 1.52. The van der Waals surface area contributed by atoms with Gasteiger partial charge in [-0.2, -0.15) is 0 Å². The second-order valence-corrected chi connectivity index (χ2v) is 5.78. The number of hydrogen-bond acceptors (Lipinski definition) is 3. The van der Waals surface area contributed by atoms with Gasteiger partial charge < -0.3 is 9.47 Å². The molecular weight excluding hydrogens is 270 g/mol. The predicted octanol–water partition coefficient (Wildman–Crippen LogP) is 3.56. The van der Waals surface area contributed by atoms with Crippen molar-refractivity contribution in [3.8, 4) is 11.6 Å². The minimum Gasteiger partial charge on any atom is -0.485 e. The van der Waals surface area contributed by atoms with Crippen LogP contribution in [0.25, 0.3) is 0 Å². The Kier molecular flexibility index (Phi) is 3.10. The zero-order valence-electron chi connectivity index (χ0n) is 9.79. The molecule has 0 amide bonds. The van der Waals surface area contributed by atoms with Gasteiger partial charge in [0.25, 0.3) is 5.88 Å². The molecule has 88 valence electrons. The summed E-state index contributed by atoms with van der Waals surface area (Å²) >= 11 is 3.34. The van der Waals surface area contributed by atoms with Crippen molar-refractivity contribution in [2.75, 3.05) is 0 Å². The van der Waals surface area contributed by atoms with E-state index in [2.05, 4.69) is 20.9 Å². The van der Waals surface area contributed by atoms with Crippen LogP contribution in [0.4, 0.5) is 0 Å². The Balaban J connectivity index is 2.20. The SMILES string of the molecule is CC(C)(C)Oc1nc(Br)ccc1OC1CC1. The van der Waals surface area contributed by atoms with Crippen molar-refractivity contribution in [2.24, 2.45) is 0 Å². The molecule has 0 saturated heterocycles. The van der Waals surface area contributed by atoms with Gasteiger partial charge in [0.05, 0.1) is 6.10 Å². The van der Waals surface area contributed by atoms with Gasteiger partial charge in [-0.05, 0) is 61.7 Å². The van der Waals surface area contributed by atoms with E-state index in [1.165, 1.54) is 0 Å². The van der Waals surface area contributed by atoms with E-state index in [4.69, 9.17) is 9.47 Å². The van der Waals surface area contributed by atoms with Gasteiger partial charge >= 0.3 is 0 Å². The predicted molar refractivity (Wildman–Crippen MR) is 66.0 cm³/mol. The number of ether oxygens (including phenoxy) is 2. The molecule has 16 heavy (non-hydrogen) atoms. The largest absolute Gasteiger partial charge is 0.485 e. The third-order valence-electron chi connectivity index (χ3n) is 2.01. The van der Waals surface area contributed by atoms with Gasteiger partial charge in [-0.1, -0.05) is 0 Å². The van der Waals surface area contributed by atoms with Gasteiger partial charge in [-0.25, -0.2) is 4.98 Å². The van der Waals surface area contributed by atoms with Crippen LogP contribution in [0.5, 0.6) is 11.6 Å². The van der Waals surface area contributed by atoms with Gasteiger partial charge in [0.2, 0.25) is 0 Å². The average Bonchev–Trinajstić information content (AvgIpc) is 2.91. The first kappa shape index (κ1) is 11.7. The molecular formula is C12H16BrNO2. The topological polar surface area (TPSA) is 31.4 Å². The van der Waals surface area contributed by atoms with E-state index in [1.807, 2.05) is 32.9 Å². The maximum Gasteiger partial charge on any atom is 0.258 e. The summed E-state index contributed by atoms with van der Waals surface area (Å²) in [4.78, 5) is 4.31. The lowest BCUT2D eigenvalue weighted by Gasteiger charge is -2.22. The Bertz CT molecular complexity index is 383. The third-order valence-corrected chi connectivity index (χ3v) is 2.45. The highest BCUT2D eigenvalue weighted by Gasteiger charge is 2.26. The number of rotatable bonds is 3. The normalized spacial score (nSPS) is 16.0. The molecule has 1 aromatic rings. The van der Waals surface area contributed by atoms with Gasteiger partial charge in [0.15, 0.2) is 5.75 Å². The van der Waals surface area contributed by atoms with Gasteiger partial charge in [-0.15, -0.1) is 0 Å². The lowest BCUT2D eigenvalue weighted by atomic mass is 10.2. The van der Waals surface area contributed by atoms with Crippen LogP contribution in [0.1, 0.15) is 33.6 Å². The molecule has 0 aliphatic heterocycles. The average molecular weight is 286 g/mol. The summed E-state index contributed by atoms with van der Waals surface area (Å²) in [5, 5.41) is 0.